The summed E-state index contributed by atoms with van der Waals surface area (Å²) >= 11 is 1.52. The van der Waals surface area contributed by atoms with Crippen LogP contribution < -0.4 is 0 Å². The number of nitrogens with zero attached hydrogens (tertiary/aromatic N) is 2. The predicted octanol–water partition coefficient (Wildman–Crippen LogP) is 3.36. The maximum Gasteiger partial charge on any atom is 0.336 e. The molecule has 1 aromatic carbocycles. The number of aromatic carboxylic acids is 1. The lowest BCUT2D eigenvalue weighted by atomic mass is 10.1. The third kappa shape index (κ3) is 2.08. The van der Waals surface area contributed by atoms with Crippen LogP contribution in [-0.2, 0) is 0 Å². The van der Waals surface area contributed by atoms with Crippen molar-refractivity contribution >= 4 is 28.2 Å². The maximum atomic E-state index is 11.4. The molecule has 0 radical (unpaired) electrons. The van der Waals surface area contributed by atoms with Gasteiger partial charge in [-0.05, 0) is 19.1 Å². The van der Waals surface area contributed by atoms with Gasteiger partial charge < -0.3 is 5.11 Å². The van der Waals surface area contributed by atoms with Crippen molar-refractivity contribution in [3.8, 4) is 11.4 Å². The number of hydrogen-bond acceptors (Lipinski definition) is 4. The second-order valence-electron chi connectivity index (χ2n) is 4.13. The predicted molar refractivity (Wildman–Crippen MR) is 74.5 cm³/mol. The minimum atomic E-state index is -0.952. The van der Waals surface area contributed by atoms with Crippen LogP contribution in [0.3, 0.4) is 0 Å². The molecule has 2 aromatic heterocycles. The number of carboxylic acid groups (broad SMARTS) is 1. The largest absolute Gasteiger partial charge is 0.478 e. The summed E-state index contributed by atoms with van der Waals surface area (Å²) in [6, 6.07) is 8.81. The topological polar surface area (TPSA) is 63.1 Å². The Kier molecular flexibility index (Phi) is 2.76. The fourth-order valence-corrected chi connectivity index (χ4v) is 2.57. The number of aryl methyl sites for hydroxylation is 1. The minimum absolute atomic E-state index is 0.256. The monoisotopic (exact) mass is 270 g/mol. The average Bonchev–Trinajstić information content (AvgIpc) is 2.84. The van der Waals surface area contributed by atoms with Gasteiger partial charge in [0, 0.05) is 10.8 Å². The molecule has 0 saturated carbocycles. The first-order valence-corrected chi connectivity index (χ1v) is 6.59. The fourth-order valence-electron chi connectivity index (χ4n) is 1.96. The van der Waals surface area contributed by atoms with E-state index in [-0.39, 0.29) is 5.56 Å². The van der Waals surface area contributed by atoms with Gasteiger partial charge in [0.2, 0.25) is 0 Å². The molecular formula is C14H10N2O2S. The molecule has 0 bridgehead atoms. The number of hydrogen-bond donors (Lipinski definition) is 1. The molecule has 4 nitrogen and oxygen atoms in total. The molecule has 0 fully saturated rings. The molecule has 5 heteroatoms. The maximum absolute atomic E-state index is 11.4. The molecular weight excluding hydrogens is 260 g/mol. The average molecular weight is 270 g/mol. The number of aromatic nitrogens is 2. The standard InChI is InChI=1S/C14H10N2O2S/c1-8-15-13(7-19-8)12-6-10(14(17)18)9-4-2-3-5-11(9)16-12/h2-7H,1H3,(H,17,18). The number of thiazole rings is 1. The number of rotatable bonds is 2. The summed E-state index contributed by atoms with van der Waals surface area (Å²) in [5.74, 6) is -0.952. The lowest BCUT2D eigenvalue weighted by Gasteiger charge is -2.04. The second kappa shape index (κ2) is 4.44. The van der Waals surface area contributed by atoms with Gasteiger partial charge in [-0.3, -0.25) is 0 Å². The van der Waals surface area contributed by atoms with E-state index in [4.69, 9.17) is 0 Å². The third-order valence-corrected chi connectivity index (χ3v) is 3.60. The van der Waals surface area contributed by atoms with Crippen molar-refractivity contribution in [2.24, 2.45) is 0 Å². The summed E-state index contributed by atoms with van der Waals surface area (Å²) in [5.41, 5.74) is 2.24. The SMILES string of the molecule is Cc1nc(-c2cc(C(=O)O)c3ccccc3n2)cs1. The van der Waals surface area contributed by atoms with E-state index in [1.807, 2.05) is 30.5 Å². The molecule has 0 aliphatic heterocycles. The van der Waals surface area contributed by atoms with E-state index in [9.17, 15) is 9.90 Å². The number of para-hydroxylation sites is 1. The Hall–Kier alpha value is -2.27. The van der Waals surface area contributed by atoms with Gasteiger partial charge >= 0.3 is 5.97 Å². The fraction of sp³-hybridized carbons (Fsp3) is 0.0714. The van der Waals surface area contributed by atoms with Gasteiger partial charge in [0.15, 0.2) is 0 Å². The van der Waals surface area contributed by atoms with Gasteiger partial charge in [0.1, 0.15) is 0 Å². The van der Waals surface area contributed by atoms with Crippen molar-refractivity contribution in [1.82, 2.24) is 9.97 Å². The summed E-state index contributed by atoms with van der Waals surface area (Å²) in [7, 11) is 0. The molecule has 1 N–H and O–H groups in total. The zero-order chi connectivity index (χ0) is 13.4. The number of pyridine rings is 1. The summed E-state index contributed by atoms with van der Waals surface area (Å²) in [6.45, 7) is 1.91. The lowest BCUT2D eigenvalue weighted by Crippen LogP contribution is -2.00. The van der Waals surface area contributed by atoms with Gasteiger partial charge in [0.25, 0.3) is 0 Å². The molecule has 94 valence electrons. The molecule has 0 saturated heterocycles. The van der Waals surface area contributed by atoms with Gasteiger partial charge in [0.05, 0.1) is 27.5 Å². The van der Waals surface area contributed by atoms with E-state index in [0.29, 0.717) is 16.6 Å². The van der Waals surface area contributed by atoms with E-state index < -0.39 is 5.97 Å². The molecule has 0 spiro atoms. The summed E-state index contributed by atoms with van der Waals surface area (Å²) < 4.78 is 0. The van der Waals surface area contributed by atoms with E-state index in [1.54, 1.807) is 12.1 Å². The van der Waals surface area contributed by atoms with Crippen LogP contribution in [0.4, 0.5) is 0 Å². The van der Waals surface area contributed by atoms with Crippen molar-refractivity contribution in [2.45, 2.75) is 6.92 Å². The van der Waals surface area contributed by atoms with Crippen LogP contribution >= 0.6 is 11.3 Å². The smallest absolute Gasteiger partial charge is 0.336 e. The zero-order valence-corrected chi connectivity index (χ0v) is 10.9. The third-order valence-electron chi connectivity index (χ3n) is 2.83. The molecule has 3 rings (SSSR count). The Morgan fingerprint density at radius 3 is 2.68 bits per heavy atom. The molecule has 0 amide bonds. The molecule has 0 unspecified atom stereocenters. The Morgan fingerprint density at radius 1 is 1.21 bits per heavy atom. The van der Waals surface area contributed by atoms with Crippen LogP contribution in [0.15, 0.2) is 35.7 Å². The van der Waals surface area contributed by atoms with Crippen LogP contribution in [0.1, 0.15) is 15.4 Å². The van der Waals surface area contributed by atoms with Crippen LogP contribution in [0.2, 0.25) is 0 Å². The van der Waals surface area contributed by atoms with E-state index in [2.05, 4.69) is 9.97 Å². The number of carboxylic acids is 1. The Bertz CT molecular complexity index is 780. The van der Waals surface area contributed by atoms with E-state index >= 15 is 0 Å². The summed E-state index contributed by atoms with van der Waals surface area (Å²) in [4.78, 5) is 20.2. The van der Waals surface area contributed by atoms with Gasteiger partial charge in [-0.25, -0.2) is 14.8 Å². The van der Waals surface area contributed by atoms with E-state index in [0.717, 1.165) is 10.7 Å². The first-order valence-electron chi connectivity index (χ1n) is 5.71. The van der Waals surface area contributed by atoms with Crippen molar-refractivity contribution in [2.75, 3.05) is 0 Å². The first-order chi connectivity index (χ1) is 9.15. The van der Waals surface area contributed by atoms with Gasteiger partial charge in [-0.15, -0.1) is 11.3 Å². The van der Waals surface area contributed by atoms with Crippen molar-refractivity contribution in [1.29, 1.82) is 0 Å². The second-order valence-corrected chi connectivity index (χ2v) is 5.19. The highest BCUT2D eigenvalue weighted by atomic mass is 32.1. The number of fused-ring (bicyclic) bond motifs is 1. The molecule has 19 heavy (non-hydrogen) atoms. The van der Waals surface area contributed by atoms with Crippen molar-refractivity contribution in [3.63, 3.8) is 0 Å². The number of benzene rings is 1. The summed E-state index contributed by atoms with van der Waals surface area (Å²) in [6.07, 6.45) is 0. The van der Waals surface area contributed by atoms with Crippen LogP contribution in [-0.4, -0.2) is 21.0 Å². The lowest BCUT2D eigenvalue weighted by molar-refractivity contribution is 0.0699. The van der Waals surface area contributed by atoms with Gasteiger partial charge in [-0.2, -0.15) is 0 Å². The molecule has 0 aliphatic carbocycles. The first kappa shape index (κ1) is 11.8. The summed E-state index contributed by atoms with van der Waals surface area (Å²) in [5, 5.41) is 12.8. The van der Waals surface area contributed by atoms with Gasteiger partial charge in [-0.1, -0.05) is 18.2 Å². The van der Waals surface area contributed by atoms with E-state index in [1.165, 1.54) is 11.3 Å². The zero-order valence-electron chi connectivity index (χ0n) is 10.1. The highest BCUT2D eigenvalue weighted by molar-refractivity contribution is 7.09. The molecule has 2 heterocycles. The number of carbonyl (C=O) groups is 1. The van der Waals surface area contributed by atoms with Crippen molar-refractivity contribution < 1.29 is 9.90 Å². The highest BCUT2D eigenvalue weighted by Crippen LogP contribution is 2.25. The minimum Gasteiger partial charge on any atom is -0.478 e. The highest BCUT2D eigenvalue weighted by Gasteiger charge is 2.13. The quantitative estimate of drug-likeness (QED) is 0.775. The van der Waals surface area contributed by atoms with Crippen LogP contribution in [0.5, 0.6) is 0 Å². The Labute approximate surface area is 113 Å². The van der Waals surface area contributed by atoms with Crippen molar-refractivity contribution in [3.05, 3.63) is 46.3 Å². The van der Waals surface area contributed by atoms with Crippen LogP contribution in [0.25, 0.3) is 22.3 Å². The van der Waals surface area contributed by atoms with Crippen LogP contribution in [0, 0.1) is 6.92 Å². The molecule has 0 atom stereocenters. The molecule has 0 aliphatic rings. The Morgan fingerprint density at radius 2 is 2.00 bits per heavy atom. The molecule has 3 aromatic rings. The normalized spacial score (nSPS) is 10.8. The Balaban J connectivity index is 2.30.